The predicted molar refractivity (Wildman–Crippen MR) is 125 cm³/mol. The van der Waals surface area contributed by atoms with Gasteiger partial charge in [-0.2, -0.15) is 0 Å². The summed E-state index contributed by atoms with van der Waals surface area (Å²) in [6.07, 6.45) is 5.55. The molecule has 2 aromatic heterocycles. The van der Waals surface area contributed by atoms with Crippen LogP contribution in [-0.2, 0) is 29.8 Å². The molecule has 4 heterocycles. The third kappa shape index (κ3) is 5.64. The van der Waals surface area contributed by atoms with Gasteiger partial charge < -0.3 is 18.8 Å². The van der Waals surface area contributed by atoms with E-state index in [1.165, 1.54) is 0 Å². The van der Waals surface area contributed by atoms with Crippen molar-refractivity contribution in [2.24, 2.45) is 0 Å². The molecule has 3 atom stereocenters. The van der Waals surface area contributed by atoms with Gasteiger partial charge in [0.25, 0.3) is 0 Å². The molecule has 2 aliphatic heterocycles. The van der Waals surface area contributed by atoms with Gasteiger partial charge in [-0.3, -0.25) is 9.97 Å². The number of hydrogen-bond donors (Lipinski definition) is 0. The Morgan fingerprint density at radius 3 is 2.47 bits per heavy atom. The van der Waals surface area contributed by atoms with Crippen LogP contribution < -0.4 is 0 Å². The molecule has 0 radical (unpaired) electrons. The van der Waals surface area contributed by atoms with Gasteiger partial charge in [-0.25, -0.2) is 8.42 Å². The molecule has 11 heteroatoms. The highest BCUT2D eigenvalue weighted by atomic mass is 32.2. The van der Waals surface area contributed by atoms with Gasteiger partial charge in [0.15, 0.2) is 15.7 Å². The fourth-order valence-electron chi connectivity index (χ4n) is 4.54. The van der Waals surface area contributed by atoms with Crippen LogP contribution in [0.25, 0.3) is 0 Å². The van der Waals surface area contributed by atoms with Crippen LogP contribution in [0.5, 0.6) is 0 Å². The lowest BCUT2D eigenvalue weighted by molar-refractivity contribution is 0.00382. The summed E-state index contributed by atoms with van der Waals surface area (Å²) in [6, 6.07) is 0.0918. The Labute approximate surface area is 201 Å². The van der Waals surface area contributed by atoms with Crippen molar-refractivity contribution < 1.29 is 22.6 Å². The van der Waals surface area contributed by atoms with E-state index < -0.39 is 21.2 Å². The average molecular weight is 494 g/mol. The molecule has 188 valence electrons. The molecule has 34 heavy (non-hydrogen) atoms. The summed E-state index contributed by atoms with van der Waals surface area (Å²) in [5, 5.41) is 7.91. The van der Waals surface area contributed by atoms with Crippen LogP contribution in [0.3, 0.4) is 0 Å². The van der Waals surface area contributed by atoms with E-state index in [4.69, 9.17) is 14.2 Å². The molecule has 2 saturated heterocycles. The van der Waals surface area contributed by atoms with Gasteiger partial charge in [-0.15, -0.1) is 10.2 Å². The maximum Gasteiger partial charge on any atom is 0.163 e. The number of sulfone groups is 1. The van der Waals surface area contributed by atoms with Crippen molar-refractivity contribution in [1.29, 1.82) is 0 Å². The molecule has 0 aromatic carbocycles. The number of ether oxygens (including phenoxy) is 3. The first-order chi connectivity index (χ1) is 16.3. The number of nitrogens with zero attached hydrogens (tertiary/aromatic N) is 5. The molecule has 2 fully saturated rings. The van der Waals surface area contributed by atoms with Crippen LogP contribution >= 0.6 is 0 Å². The average Bonchev–Trinajstić information content (AvgIpc) is 3.48. The molecular formula is C23H35N5O5S. The summed E-state index contributed by atoms with van der Waals surface area (Å²) in [4.78, 5) is 8.69. The molecule has 0 unspecified atom stereocenters. The molecule has 2 aliphatic rings. The third-order valence-corrected chi connectivity index (χ3v) is 8.44. The maximum atomic E-state index is 13.7. The van der Waals surface area contributed by atoms with Crippen molar-refractivity contribution in [1.82, 2.24) is 24.7 Å². The van der Waals surface area contributed by atoms with E-state index in [1.807, 2.05) is 25.3 Å². The summed E-state index contributed by atoms with van der Waals surface area (Å²) in [6.45, 7) is 9.21. The van der Waals surface area contributed by atoms with Crippen molar-refractivity contribution in [3.63, 3.8) is 0 Å². The molecule has 0 saturated carbocycles. The van der Waals surface area contributed by atoms with Gasteiger partial charge in [0.05, 0.1) is 28.9 Å². The lowest BCUT2D eigenvalue weighted by Crippen LogP contribution is -2.32. The number of aryl methyl sites for hydroxylation is 1. The van der Waals surface area contributed by atoms with Gasteiger partial charge in [0.1, 0.15) is 23.8 Å². The summed E-state index contributed by atoms with van der Waals surface area (Å²) in [5.41, 5.74) is 1.26. The zero-order chi connectivity index (χ0) is 24.3. The van der Waals surface area contributed by atoms with Crippen molar-refractivity contribution in [2.45, 2.75) is 88.7 Å². The minimum atomic E-state index is -3.68. The SMILES string of the molecule is Cc1cnc([C@H](OC(C)C)[C@H](C)S(=O)(=O)Cc2nnc([C@H]3CCCO3)n2C2CCOCC2)cn1. The summed E-state index contributed by atoms with van der Waals surface area (Å²) < 4.78 is 46.8. The standard InChI is InChI=1S/C23H35N5O5S/c1-15(2)33-22(19-13-24-16(3)12-25-19)17(4)34(29,30)14-21-26-27-23(20-6-5-9-32-20)28(21)18-7-10-31-11-8-18/h12-13,15,17-18,20,22H,5-11,14H2,1-4H3/t17-,20+,22+/m0/s1. The summed E-state index contributed by atoms with van der Waals surface area (Å²) in [7, 11) is -3.68. The number of aromatic nitrogens is 5. The van der Waals surface area contributed by atoms with Crippen LogP contribution in [0, 0.1) is 6.92 Å². The zero-order valence-electron chi connectivity index (χ0n) is 20.4. The van der Waals surface area contributed by atoms with Crippen molar-refractivity contribution in [2.75, 3.05) is 19.8 Å². The lowest BCUT2D eigenvalue weighted by Gasteiger charge is -2.28. The van der Waals surface area contributed by atoms with Crippen LogP contribution in [0.15, 0.2) is 12.4 Å². The van der Waals surface area contributed by atoms with Crippen LogP contribution in [-0.4, -0.2) is 64.3 Å². The predicted octanol–water partition coefficient (Wildman–Crippen LogP) is 3.05. The Hall–Kier alpha value is -1.95. The van der Waals surface area contributed by atoms with Gasteiger partial charge in [0, 0.05) is 32.1 Å². The Bertz CT molecular complexity index is 1040. The van der Waals surface area contributed by atoms with E-state index in [0.717, 1.165) is 37.2 Å². The fourth-order valence-corrected chi connectivity index (χ4v) is 5.94. The van der Waals surface area contributed by atoms with Gasteiger partial charge in [-0.1, -0.05) is 0 Å². The molecule has 0 bridgehead atoms. The first kappa shape index (κ1) is 25.2. The number of hydrogen-bond acceptors (Lipinski definition) is 9. The zero-order valence-corrected chi connectivity index (χ0v) is 21.2. The molecule has 0 aliphatic carbocycles. The Morgan fingerprint density at radius 2 is 1.85 bits per heavy atom. The highest BCUT2D eigenvalue weighted by Gasteiger charge is 2.37. The molecule has 2 aromatic rings. The van der Waals surface area contributed by atoms with Crippen molar-refractivity contribution in [3.8, 4) is 0 Å². The molecule has 0 amide bonds. The highest BCUT2D eigenvalue weighted by molar-refractivity contribution is 7.91. The van der Waals surface area contributed by atoms with Crippen molar-refractivity contribution >= 4 is 9.84 Å². The smallest absolute Gasteiger partial charge is 0.163 e. The molecular weight excluding hydrogens is 458 g/mol. The van der Waals surface area contributed by atoms with Crippen LogP contribution in [0.4, 0.5) is 0 Å². The number of rotatable bonds is 9. The van der Waals surface area contributed by atoms with E-state index >= 15 is 0 Å². The van der Waals surface area contributed by atoms with E-state index in [1.54, 1.807) is 19.3 Å². The second-order valence-corrected chi connectivity index (χ2v) is 11.7. The summed E-state index contributed by atoms with van der Waals surface area (Å²) in [5.74, 6) is 0.937. The van der Waals surface area contributed by atoms with Gasteiger partial charge in [-0.05, 0) is 53.4 Å². The first-order valence-corrected chi connectivity index (χ1v) is 13.8. The second kappa shape index (κ2) is 10.8. The molecule has 0 N–H and O–H groups in total. The Morgan fingerprint density at radius 1 is 1.09 bits per heavy atom. The minimum absolute atomic E-state index is 0.0918. The quantitative estimate of drug-likeness (QED) is 0.519. The molecule has 10 nitrogen and oxygen atoms in total. The maximum absolute atomic E-state index is 13.7. The first-order valence-electron chi connectivity index (χ1n) is 12.0. The second-order valence-electron chi connectivity index (χ2n) is 9.39. The largest absolute Gasteiger partial charge is 0.381 e. The lowest BCUT2D eigenvalue weighted by atomic mass is 10.1. The van der Waals surface area contributed by atoms with Gasteiger partial charge in [0.2, 0.25) is 0 Å². The van der Waals surface area contributed by atoms with E-state index in [9.17, 15) is 8.42 Å². The van der Waals surface area contributed by atoms with Crippen LogP contribution in [0.1, 0.15) is 87.7 Å². The van der Waals surface area contributed by atoms with E-state index in [0.29, 0.717) is 31.3 Å². The topological polar surface area (TPSA) is 118 Å². The minimum Gasteiger partial charge on any atom is -0.381 e. The Kier molecular flexibility index (Phi) is 7.96. The Balaban J connectivity index is 1.64. The van der Waals surface area contributed by atoms with Crippen molar-refractivity contribution in [3.05, 3.63) is 35.4 Å². The van der Waals surface area contributed by atoms with Gasteiger partial charge >= 0.3 is 0 Å². The monoisotopic (exact) mass is 493 g/mol. The van der Waals surface area contributed by atoms with Crippen LogP contribution in [0.2, 0.25) is 0 Å². The highest BCUT2D eigenvalue weighted by Crippen LogP contribution is 2.34. The molecule has 0 spiro atoms. The summed E-state index contributed by atoms with van der Waals surface area (Å²) >= 11 is 0. The fraction of sp³-hybridized carbons (Fsp3) is 0.739. The normalized spacial score (nSPS) is 21.7. The van der Waals surface area contributed by atoms with E-state index in [2.05, 4.69) is 20.2 Å². The molecule has 4 rings (SSSR count). The third-order valence-electron chi connectivity index (χ3n) is 6.40. The van der Waals surface area contributed by atoms with E-state index in [-0.39, 0.29) is 24.0 Å².